The molecule has 2 atom stereocenters. The van der Waals surface area contributed by atoms with Gasteiger partial charge in [-0.2, -0.15) is 5.26 Å². The van der Waals surface area contributed by atoms with Crippen LogP contribution in [0.2, 0.25) is 0 Å². The summed E-state index contributed by atoms with van der Waals surface area (Å²) >= 11 is 2.81. The van der Waals surface area contributed by atoms with E-state index in [-0.39, 0.29) is 18.2 Å². The third kappa shape index (κ3) is 3.70. The largest absolute Gasteiger partial charge is 0.399 e. The van der Waals surface area contributed by atoms with Crippen molar-refractivity contribution in [1.29, 1.82) is 5.26 Å². The summed E-state index contributed by atoms with van der Waals surface area (Å²) < 4.78 is 0. The Morgan fingerprint density at radius 3 is 2.53 bits per heavy atom. The number of hydrogen-bond donors (Lipinski definition) is 1. The molecule has 1 aliphatic carbocycles. The molecule has 2 aromatic carbocycles. The summed E-state index contributed by atoms with van der Waals surface area (Å²) in [6.07, 6.45) is 2.71. The van der Waals surface area contributed by atoms with Crippen LogP contribution < -0.4 is 10.6 Å². The molecular formula is C25H21N3O2S2. The van der Waals surface area contributed by atoms with Gasteiger partial charge >= 0.3 is 0 Å². The third-order valence-corrected chi connectivity index (χ3v) is 8.53. The van der Waals surface area contributed by atoms with Crippen LogP contribution in [0.3, 0.4) is 0 Å². The van der Waals surface area contributed by atoms with Gasteiger partial charge in [-0.25, -0.2) is 4.90 Å². The number of imide groups is 1. The van der Waals surface area contributed by atoms with Crippen LogP contribution in [-0.4, -0.2) is 17.1 Å². The number of nitrogens with zero attached hydrogens (tertiary/aromatic N) is 2. The number of carbonyl (C=O) groups excluding carboxylic acids is 2. The van der Waals surface area contributed by atoms with Crippen molar-refractivity contribution in [3.63, 3.8) is 0 Å². The number of thiophene rings is 1. The lowest BCUT2D eigenvalue weighted by Crippen LogP contribution is -2.31. The number of carbonyl (C=O) groups is 2. The Bertz CT molecular complexity index is 1230. The summed E-state index contributed by atoms with van der Waals surface area (Å²) in [6, 6.07) is 20.0. The highest BCUT2D eigenvalue weighted by Gasteiger charge is 2.43. The number of rotatable bonds is 4. The second kappa shape index (κ2) is 8.45. The molecule has 1 aliphatic heterocycles. The van der Waals surface area contributed by atoms with Crippen molar-refractivity contribution in [2.75, 3.05) is 10.6 Å². The van der Waals surface area contributed by atoms with Gasteiger partial charge in [0.1, 0.15) is 11.1 Å². The van der Waals surface area contributed by atoms with Gasteiger partial charge in [-0.1, -0.05) is 30.3 Å². The minimum Gasteiger partial charge on any atom is -0.399 e. The lowest BCUT2D eigenvalue weighted by Gasteiger charge is -2.22. The van der Waals surface area contributed by atoms with Gasteiger partial charge in [0, 0.05) is 21.9 Å². The molecule has 1 fully saturated rings. The Hall–Kier alpha value is -3.08. The van der Waals surface area contributed by atoms with Crippen molar-refractivity contribution < 1.29 is 9.59 Å². The molecule has 5 rings (SSSR count). The first-order valence-corrected chi connectivity index (χ1v) is 12.2. The second-order valence-electron chi connectivity index (χ2n) is 8.09. The van der Waals surface area contributed by atoms with Gasteiger partial charge in [-0.3, -0.25) is 9.59 Å². The highest BCUT2D eigenvalue weighted by atomic mass is 32.2. The lowest BCUT2D eigenvalue weighted by molar-refractivity contribution is -0.121. The Morgan fingerprint density at radius 1 is 1.06 bits per heavy atom. The van der Waals surface area contributed by atoms with E-state index in [0.29, 0.717) is 22.2 Å². The van der Waals surface area contributed by atoms with Crippen molar-refractivity contribution in [2.24, 2.45) is 0 Å². The minimum absolute atomic E-state index is 0.133. The first kappa shape index (κ1) is 20.8. The fourth-order valence-corrected chi connectivity index (χ4v) is 6.93. The van der Waals surface area contributed by atoms with E-state index in [0.717, 1.165) is 34.6 Å². The minimum atomic E-state index is -0.492. The van der Waals surface area contributed by atoms with E-state index in [1.807, 2.05) is 30.3 Å². The third-order valence-electron chi connectivity index (χ3n) is 6.10. The smallest absolute Gasteiger partial charge is 0.248 e. The van der Waals surface area contributed by atoms with Gasteiger partial charge < -0.3 is 5.73 Å². The molecule has 5 nitrogen and oxygen atoms in total. The summed E-state index contributed by atoms with van der Waals surface area (Å²) in [4.78, 5) is 29.4. The predicted octanol–water partition coefficient (Wildman–Crippen LogP) is 4.90. The van der Waals surface area contributed by atoms with E-state index in [1.54, 1.807) is 12.1 Å². The zero-order valence-corrected chi connectivity index (χ0v) is 18.9. The lowest BCUT2D eigenvalue weighted by atomic mass is 9.83. The maximum absolute atomic E-state index is 13.2. The van der Waals surface area contributed by atoms with Crippen LogP contribution in [0.1, 0.15) is 40.3 Å². The van der Waals surface area contributed by atoms with Crippen LogP contribution in [0.25, 0.3) is 0 Å². The molecule has 160 valence electrons. The van der Waals surface area contributed by atoms with E-state index in [4.69, 9.17) is 5.73 Å². The summed E-state index contributed by atoms with van der Waals surface area (Å²) in [7, 11) is 0. The van der Waals surface area contributed by atoms with Crippen LogP contribution in [0, 0.1) is 11.3 Å². The number of nitriles is 1. The van der Waals surface area contributed by atoms with E-state index in [9.17, 15) is 14.9 Å². The van der Waals surface area contributed by atoms with Crippen molar-refractivity contribution in [2.45, 2.75) is 41.7 Å². The summed E-state index contributed by atoms with van der Waals surface area (Å²) in [5, 5.41) is 9.91. The van der Waals surface area contributed by atoms with Gasteiger partial charge in [0.05, 0.1) is 10.8 Å². The quantitative estimate of drug-likeness (QED) is 0.443. The number of nitrogens with two attached hydrogens (primary N) is 1. The maximum Gasteiger partial charge on any atom is 0.248 e. The Labute approximate surface area is 194 Å². The number of hydrogen-bond acceptors (Lipinski definition) is 6. The van der Waals surface area contributed by atoms with E-state index in [2.05, 4.69) is 18.2 Å². The molecule has 2 amide bonds. The van der Waals surface area contributed by atoms with Crippen LogP contribution in [-0.2, 0) is 22.4 Å². The second-order valence-corrected chi connectivity index (χ2v) is 10.5. The van der Waals surface area contributed by atoms with Crippen molar-refractivity contribution >= 4 is 45.6 Å². The number of anilines is 2. The fourth-order valence-electron chi connectivity index (χ4n) is 4.47. The van der Waals surface area contributed by atoms with E-state index in [1.165, 1.54) is 33.6 Å². The van der Waals surface area contributed by atoms with E-state index < -0.39 is 5.25 Å². The first-order valence-electron chi connectivity index (χ1n) is 10.5. The van der Waals surface area contributed by atoms with Gasteiger partial charge in [-0.05, 0) is 60.6 Å². The summed E-state index contributed by atoms with van der Waals surface area (Å²) in [5.74, 6) is -0.0928. The molecule has 2 aliphatic rings. The molecule has 1 saturated heterocycles. The number of thioether (sulfide) groups is 1. The molecular weight excluding hydrogens is 438 g/mol. The van der Waals surface area contributed by atoms with Gasteiger partial charge in [0.2, 0.25) is 11.8 Å². The molecule has 1 aromatic heterocycles. The van der Waals surface area contributed by atoms with Crippen molar-refractivity contribution in [3.05, 3.63) is 76.2 Å². The van der Waals surface area contributed by atoms with Gasteiger partial charge in [0.15, 0.2) is 0 Å². The molecule has 3 aromatic rings. The summed E-state index contributed by atoms with van der Waals surface area (Å²) in [5.41, 5.74) is 9.19. The van der Waals surface area contributed by atoms with Crippen LogP contribution >= 0.6 is 23.1 Å². The van der Waals surface area contributed by atoms with Crippen LogP contribution in [0.15, 0.2) is 59.5 Å². The average molecular weight is 460 g/mol. The molecule has 0 bridgehead atoms. The standard InChI is InChI=1S/C25H21N3O2S2/c26-14-20-19-11-6-16(15-4-2-1-3-5-15)12-21(19)32-25(20)28-23(29)13-22(24(28)30)31-18-9-7-17(27)8-10-18/h1-5,7-10,16,22H,6,11-13,27H2/t16-,22+/m1/s1. The topological polar surface area (TPSA) is 87.2 Å². The normalized spacial score (nSPS) is 20.3. The molecule has 32 heavy (non-hydrogen) atoms. The fraction of sp³-hybridized carbons (Fsp3) is 0.240. The number of nitrogen functional groups attached to an aromatic ring is 1. The van der Waals surface area contributed by atoms with Crippen LogP contribution in [0.5, 0.6) is 0 Å². The molecule has 7 heteroatoms. The number of benzene rings is 2. The highest BCUT2D eigenvalue weighted by molar-refractivity contribution is 8.00. The van der Waals surface area contributed by atoms with Crippen molar-refractivity contribution in [1.82, 2.24) is 0 Å². The van der Waals surface area contributed by atoms with Gasteiger partial charge in [-0.15, -0.1) is 23.1 Å². The Morgan fingerprint density at radius 2 is 1.81 bits per heavy atom. The van der Waals surface area contributed by atoms with Crippen molar-refractivity contribution in [3.8, 4) is 6.07 Å². The highest BCUT2D eigenvalue weighted by Crippen LogP contribution is 2.45. The monoisotopic (exact) mass is 459 g/mol. The molecule has 0 unspecified atom stereocenters. The molecule has 0 spiro atoms. The SMILES string of the molecule is N#Cc1c(N2C(=O)C[C@H](Sc3ccc(N)cc3)C2=O)sc2c1CC[C@@H](c1ccccc1)C2. The number of fused-ring (bicyclic) bond motifs is 1. The molecule has 0 saturated carbocycles. The summed E-state index contributed by atoms with van der Waals surface area (Å²) in [6.45, 7) is 0. The zero-order chi connectivity index (χ0) is 22.2. The molecule has 2 heterocycles. The predicted molar refractivity (Wildman–Crippen MR) is 128 cm³/mol. The maximum atomic E-state index is 13.2. The first-order chi connectivity index (χ1) is 15.5. The van der Waals surface area contributed by atoms with Gasteiger partial charge in [0.25, 0.3) is 0 Å². The Balaban J connectivity index is 1.42. The molecule has 0 radical (unpaired) electrons. The average Bonchev–Trinajstić information content (AvgIpc) is 3.30. The van der Waals surface area contributed by atoms with E-state index >= 15 is 0 Å². The van der Waals surface area contributed by atoms with Crippen LogP contribution in [0.4, 0.5) is 10.7 Å². The molecule has 2 N–H and O–H groups in total. The Kier molecular flexibility index (Phi) is 5.50. The zero-order valence-electron chi connectivity index (χ0n) is 17.3. The number of amides is 2.